The number of carbonyl (C=O) groups excluding carboxylic acids is 2. The zero-order valence-electron chi connectivity index (χ0n) is 17.2. The Morgan fingerprint density at radius 3 is 2.09 bits per heavy atom. The third kappa shape index (κ3) is 6.45. The van der Waals surface area contributed by atoms with E-state index in [2.05, 4.69) is 5.32 Å². The van der Waals surface area contributed by atoms with Crippen molar-refractivity contribution < 1.29 is 27.2 Å². The summed E-state index contributed by atoms with van der Waals surface area (Å²) in [5.74, 6) is -7.74. The molecule has 0 radical (unpaired) electrons. The van der Waals surface area contributed by atoms with E-state index in [9.17, 15) is 27.2 Å². The van der Waals surface area contributed by atoms with Gasteiger partial charge in [-0.3, -0.25) is 9.59 Å². The number of carbonyl (C=O) groups is 2. The molecule has 2 N–H and O–H groups in total. The smallest absolute Gasteiger partial charge is 0.248 e. The van der Waals surface area contributed by atoms with Crippen molar-refractivity contribution in [1.82, 2.24) is 0 Å². The fourth-order valence-corrected chi connectivity index (χ4v) is 3.57. The van der Waals surface area contributed by atoms with E-state index in [4.69, 9.17) is 0 Å². The van der Waals surface area contributed by atoms with Gasteiger partial charge in [-0.1, -0.05) is 30.3 Å². The van der Waals surface area contributed by atoms with Gasteiger partial charge in [-0.05, 0) is 42.8 Å². The van der Waals surface area contributed by atoms with Crippen molar-refractivity contribution in [3.05, 3.63) is 95.6 Å². The summed E-state index contributed by atoms with van der Waals surface area (Å²) in [4.78, 5) is 24.9. The van der Waals surface area contributed by atoms with E-state index in [0.29, 0.717) is 10.6 Å². The highest BCUT2D eigenvalue weighted by molar-refractivity contribution is 8.00. The molecule has 0 aliphatic rings. The Morgan fingerprint density at radius 1 is 0.879 bits per heavy atom. The van der Waals surface area contributed by atoms with Gasteiger partial charge in [-0.2, -0.15) is 0 Å². The monoisotopic (exact) mass is 474 g/mol. The van der Waals surface area contributed by atoms with Crippen LogP contribution in [0.2, 0.25) is 0 Å². The number of thioether (sulfide) groups is 1. The molecule has 1 atom stereocenters. The standard InChI is InChI=1S/C24H18F4N2O2S/c1-14(24(32)30-23-21(27)18(25)13-19(26)22(23)28)33-17-10-8-16(9-11-17)29-20(31)12-7-15-5-3-2-4-6-15/h2-14H,1H3,(H,29,31)(H,30,32)/b12-7+. The fourth-order valence-electron chi connectivity index (χ4n) is 2.70. The first-order valence-electron chi connectivity index (χ1n) is 9.69. The average Bonchev–Trinajstić information content (AvgIpc) is 2.81. The van der Waals surface area contributed by atoms with Gasteiger partial charge in [0.1, 0.15) is 5.69 Å². The molecule has 0 spiro atoms. The van der Waals surface area contributed by atoms with Crippen molar-refractivity contribution in [2.75, 3.05) is 10.6 Å². The summed E-state index contributed by atoms with van der Waals surface area (Å²) in [6.07, 6.45) is 3.08. The molecule has 0 saturated carbocycles. The van der Waals surface area contributed by atoms with Gasteiger partial charge >= 0.3 is 0 Å². The summed E-state index contributed by atoms with van der Waals surface area (Å²) >= 11 is 1.06. The number of amides is 2. The van der Waals surface area contributed by atoms with Gasteiger partial charge < -0.3 is 10.6 Å². The average molecular weight is 474 g/mol. The molecular weight excluding hydrogens is 456 g/mol. The Labute approximate surface area is 191 Å². The summed E-state index contributed by atoms with van der Waals surface area (Å²) in [7, 11) is 0. The number of hydrogen-bond donors (Lipinski definition) is 2. The van der Waals surface area contributed by atoms with E-state index in [0.717, 1.165) is 17.3 Å². The maximum absolute atomic E-state index is 13.8. The minimum absolute atomic E-state index is 0.0658. The summed E-state index contributed by atoms with van der Waals surface area (Å²) in [6, 6.07) is 15.9. The summed E-state index contributed by atoms with van der Waals surface area (Å²) < 4.78 is 54.1. The summed E-state index contributed by atoms with van der Waals surface area (Å²) in [5.41, 5.74) is 0.234. The maximum Gasteiger partial charge on any atom is 0.248 e. The van der Waals surface area contributed by atoms with Crippen LogP contribution in [0.5, 0.6) is 0 Å². The Morgan fingerprint density at radius 2 is 1.48 bits per heavy atom. The zero-order valence-corrected chi connectivity index (χ0v) is 18.1. The quantitative estimate of drug-likeness (QED) is 0.191. The molecular formula is C24H18F4N2O2S. The first-order valence-corrected chi connectivity index (χ1v) is 10.6. The van der Waals surface area contributed by atoms with Crippen LogP contribution in [0, 0.1) is 23.3 Å². The highest BCUT2D eigenvalue weighted by atomic mass is 32.2. The summed E-state index contributed by atoms with van der Waals surface area (Å²) in [6.45, 7) is 1.47. The van der Waals surface area contributed by atoms with Crippen molar-refractivity contribution >= 4 is 41.0 Å². The van der Waals surface area contributed by atoms with Crippen LogP contribution in [0.15, 0.2) is 71.6 Å². The third-order valence-electron chi connectivity index (χ3n) is 4.39. The van der Waals surface area contributed by atoms with Crippen LogP contribution >= 0.6 is 11.8 Å². The third-order valence-corrected chi connectivity index (χ3v) is 5.50. The van der Waals surface area contributed by atoms with Gasteiger partial charge in [-0.15, -0.1) is 11.8 Å². The second-order valence-corrected chi connectivity index (χ2v) is 8.26. The first-order chi connectivity index (χ1) is 15.7. The van der Waals surface area contributed by atoms with Crippen molar-refractivity contribution in [2.24, 2.45) is 0 Å². The molecule has 0 heterocycles. The van der Waals surface area contributed by atoms with Crippen LogP contribution in [-0.2, 0) is 9.59 Å². The largest absolute Gasteiger partial charge is 0.323 e. The highest BCUT2D eigenvalue weighted by Crippen LogP contribution is 2.28. The van der Waals surface area contributed by atoms with Gasteiger partial charge in [0.05, 0.1) is 5.25 Å². The molecule has 9 heteroatoms. The molecule has 0 aliphatic heterocycles. The number of benzene rings is 3. The Hall–Kier alpha value is -3.59. The lowest BCUT2D eigenvalue weighted by molar-refractivity contribution is -0.115. The van der Waals surface area contributed by atoms with Gasteiger partial charge in [0.2, 0.25) is 11.8 Å². The molecule has 2 amide bonds. The van der Waals surface area contributed by atoms with Crippen LogP contribution in [0.25, 0.3) is 6.08 Å². The topological polar surface area (TPSA) is 58.2 Å². The first kappa shape index (κ1) is 24.1. The van der Waals surface area contributed by atoms with Gasteiger partial charge in [-0.25, -0.2) is 17.6 Å². The van der Waals surface area contributed by atoms with E-state index in [1.807, 2.05) is 35.6 Å². The lowest BCUT2D eigenvalue weighted by atomic mass is 10.2. The van der Waals surface area contributed by atoms with Crippen LogP contribution in [0.1, 0.15) is 12.5 Å². The van der Waals surface area contributed by atoms with E-state index < -0.39 is 40.1 Å². The number of rotatable bonds is 7. The Balaban J connectivity index is 1.58. The van der Waals surface area contributed by atoms with Crippen LogP contribution < -0.4 is 10.6 Å². The normalized spacial score (nSPS) is 11.9. The molecule has 0 saturated heterocycles. The van der Waals surface area contributed by atoms with E-state index in [1.54, 1.807) is 30.3 Å². The van der Waals surface area contributed by atoms with Crippen molar-refractivity contribution in [3.8, 4) is 0 Å². The van der Waals surface area contributed by atoms with E-state index >= 15 is 0 Å². The number of anilines is 2. The molecule has 33 heavy (non-hydrogen) atoms. The summed E-state index contributed by atoms with van der Waals surface area (Å²) in [5, 5.41) is 3.75. The minimum Gasteiger partial charge on any atom is -0.323 e. The van der Waals surface area contributed by atoms with Crippen LogP contribution in [-0.4, -0.2) is 17.1 Å². The molecule has 170 valence electrons. The highest BCUT2D eigenvalue weighted by Gasteiger charge is 2.23. The molecule has 3 aromatic carbocycles. The van der Waals surface area contributed by atoms with Crippen molar-refractivity contribution in [1.29, 1.82) is 0 Å². The van der Waals surface area contributed by atoms with E-state index in [1.165, 1.54) is 13.0 Å². The van der Waals surface area contributed by atoms with Crippen molar-refractivity contribution in [3.63, 3.8) is 0 Å². The molecule has 0 aromatic heterocycles. The molecule has 0 fully saturated rings. The lowest BCUT2D eigenvalue weighted by Crippen LogP contribution is -2.24. The minimum atomic E-state index is -1.68. The molecule has 1 unspecified atom stereocenters. The second kappa shape index (κ2) is 10.8. The van der Waals surface area contributed by atoms with Gasteiger partial charge in [0.15, 0.2) is 23.3 Å². The van der Waals surface area contributed by atoms with Crippen molar-refractivity contribution in [2.45, 2.75) is 17.1 Å². The molecule has 0 bridgehead atoms. The van der Waals surface area contributed by atoms with Gasteiger partial charge in [0, 0.05) is 22.7 Å². The zero-order chi connectivity index (χ0) is 24.0. The second-order valence-electron chi connectivity index (χ2n) is 6.85. The fraction of sp³-hybridized carbons (Fsp3) is 0.0833. The lowest BCUT2D eigenvalue weighted by Gasteiger charge is -2.14. The SMILES string of the molecule is CC(Sc1ccc(NC(=O)/C=C/c2ccccc2)cc1)C(=O)Nc1c(F)c(F)cc(F)c1F. The Bertz CT molecular complexity index is 1160. The molecule has 3 aromatic rings. The van der Waals surface area contributed by atoms with Crippen LogP contribution in [0.3, 0.4) is 0 Å². The van der Waals surface area contributed by atoms with Crippen LogP contribution in [0.4, 0.5) is 28.9 Å². The molecule has 3 rings (SSSR count). The number of nitrogens with one attached hydrogen (secondary N) is 2. The van der Waals surface area contributed by atoms with Gasteiger partial charge in [0.25, 0.3) is 0 Å². The maximum atomic E-state index is 13.8. The number of halogens is 4. The number of hydrogen-bond acceptors (Lipinski definition) is 3. The molecule has 4 nitrogen and oxygen atoms in total. The Kier molecular flexibility index (Phi) is 7.89. The predicted molar refractivity (Wildman–Crippen MR) is 121 cm³/mol. The predicted octanol–water partition coefficient (Wildman–Crippen LogP) is 6.01. The molecule has 0 aliphatic carbocycles. The van der Waals surface area contributed by atoms with E-state index in [-0.39, 0.29) is 12.0 Å².